The number of aromatic nitrogens is 2. The molecular weight excluding hydrogens is 214 g/mol. The molecule has 4 heteroatoms. The molecule has 0 spiro atoms. The number of aliphatic hydroxyl groups excluding tert-OH is 1. The number of nitrogens with one attached hydrogen (secondary N) is 2. The molecule has 0 aromatic carbocycles. The molecule has 0 saturated carbocycles. The van der Waals surface area contributed by atoms with Crippen LogP contribution in [0.1, 0.15) is 43.6 Å². The van der Waals surface area contributed by atoms with Crippen LogP contribution >= 0.6 is 0 Å². The first kappa shape index (κ1) is 14.2. The zero-order chi connectivity index (χ0) is 12.9. The molecule has 0 bridgehead atoms. The van der Waals surface area contributed by atoms with E-state index < -0.39 is 0 Å². The summed E-state index contributed by atoms with van der Waals surface area (Å²) in [6.07, 6.45) is 1.91. The van der Waals surface area contributed by atoms with Crippen molar-refractivity contribution >= 4 is 0 Å². The molecule has 0 aliphatic carbocycles. The minimum absolute atomic E-state index is 0.230. The van der Waals surface area contributed by atoms with Crippen LogP contribution in [-0.4, -0.2) is 28.5 Å². The number of aliphatic hydroxyl groups is 1. The van der Waals surface area contributed by atoms with Crippen LogP contribution in [0.5, 0.6) is 0 Å². The lowest BCUT2D eigenvalue weighted by molar-refractivity contribution is 0.236. The molecule has 0 fully saturated rings. The van der Waals surface area contributed by atoms with Gasteiger partial charge in [-0.2, -0.15) is 5.10 Å². The topological polar surface area (TPSA) is 60.9 Å². The van der Waals surface area contributed by atoms with Crippen molar-refractivity contribution in [2.45, 2.75) is 47.1 Å². The Hall–Kier alpha value is -0.870. The average Bonchev–Trinajstić information content (AvgIpc) is 2.58. The molecule has 0 radical (unpaired) electrons. The van der Waals surface area contributed by atoms with Gasteiger partial charge in [-0.25, -0.2) is 0 Å². The Labute approximate surface area is 104 Å². The van der Waals surface area contributed by atoms with Gasteiger partial charge in [-0.3, -0.25) is 5.10 Å². The van der Waals surface area contributed by atoms with E-state index in [1.807, 2.05) is 13.8 Å². The number of hydrogen-bond donors (Lipinski definition) is 3. The summed E-state index contributed by atoms with van der Waals surface area (Å²) < 4.78 is 0. The molecule has 4 nitrogen and oxygen atoms in total. The second-order valence-corrected chi connectivity index (χ2v) is 5.51. The molecule has 98 valence electrons. The number of hydrogen-bond acceptors (Lipinski definition) is 3. The fourth-order valence-corrected chi connectivity index (χ4v) is 2.01. The predicted molar refractivity (Wildman–Crippen MR) is 69.9 cm³/mol. The van der Waals surface area contributed by atoms with Gasteiger partial charge in [0.15, 0.2) is 0 Å². The van der Waals surface area contributed by atoms with Crippen molar-refractivity contribution in [3.05, 3.63) is 17.0 Å². The normalized spacial score (nSPS) is 12.1. The molecule has 1 aromatic heterocycles. The molecule has 0 saturated heterocycles. The Morgan fingerprint density at radius 3 is 2.59 bits per heavy atom. The number of aromatic amines is 1. The van der Waals surface area contributed by atoms with E-state index >= 15 is 0 Å². The molecule has 0 unspecified atom stereocenters. The molecule has 0 aliphatic heterocycles. The van der Waals surface area contributed by atoms with E-state index in [2.05, 4.69) is 29.4 Å². The lowest BCUT2D eigenvalue weighted by atomic mass is 9.88. The van der Waals surface area contributed by atoms with Crippen LogP contribution in [0.4, 0.5) is 0 Å². The van der Waals surface area contributed by atoms with Gasteiger partial charge in [0, 0.05) is 31.0 Å². The van der Waals surface area contributed by atoms with Crippen molar-refractivity contribution in [3.63, 3.8) is 0 Å². The summed E-state index contributed by atoms with van der Waals surface area (Å²) in [6.45, 7) is 10.6. The standard InChI is InChI=1S/C13H25N3O/c1-10-12(11(2)16-15-10)8-14-9-13(3,4)6-5-7-17/h14,17H,5-9H2,1-4H3,(H,15,16). The highest BCUT2D eigenvalue weighted by atomic mass is 16.2. The Balaban J connectivity index is 2.37. The maximum absolute atomic E-state index is 8.85. The fraction of sp³-hybridized carbons (Fsp3) is 0.769. The van der Waals surface area contributed by atoms with Crippen LogP contribution in [0.3, 0.4) is 0 Å². The highest BCUT2D eigenvalue weighted by molar-refractivity contribution is 5.22. The quantitative estimate of drug-likeness (QED) is 0.681. The van der Waals surface area contributed by atoms with Gasteiger partial charge in [0.2, 0.25) is 0 Å². The lowest BCUT2D eigenvalue weighted by Gasteiger charge is -2.24. The van der Waals surface area contributed by atoms with Crippen molar-refractivity contribution < 1.29 is 5.11 Å². The average molecular weight is 239 g/mol. The van der Waals surface area contributed by atoms with E-state index in [-0.39, 0.29) is 12.0 Å². The molecule has 0 aliphatic rings. The highest BCUT2D eigenvalue weighted by Gasteiger charge is 2.17. The Morgan fingerprint density at radius 1 is 1.35 bits per heavy atom. The number of H-pyrrole nitrogens is 1. The van der Waals surface area contributed by atoms with Gasteiger partial charge >= 0.3 is 0 Å². The van der Waals surface area contributed by atoms with Gasteiger partial charge in [0.1, 0.15) is 0 Å². The summed E-state index contributed by atoms with van der Waals surface area (Å²) in [5.74, 6) is 0. The summed E-state index contributed by atoms with van der Waals surface area (Å²) in [5, 5.41) is 19.5. The summed E-state index contributed by atoms with van der Waals surface area (Å²) >= 11 is 0. The van der Waals surface area contributed by atoms with Gasteiger partial charge in [-0.15, -0.1) is 0 Å². The Morgan fingerprint density at radius 2 is 2.06 bits per heavy atom. The van der Waals surface area contributed by atoms with Crippen molar-refractivity contribution in [2.75, 3.05) is 13.2 Å². The third-order valence-electron chi connectivity index (χ3n) is 3.20. The van der Waals surface area contributed by atoms with Crippen molar-refractivity contribution in [1.82, 2.24) is 15.5 Å². The van der Waals surface area contributed by atoms with E-state index in [4.69, 9.17) is 5.11 Å². The predicted octanol–water partition coefficient (Wildman–Crippen LogP) is 1.91. The van der Waals surface area contributed by atoms with Crippen molar-refractivity contribution in [2.24, 2.45) is 5.41 Å². The maximum atomic E-state index is 8.85. The maximum Gasteiger partial charge on any atom is 0.0638 e. The molecule has 0 atom stereocenters. The highest BCUT2D eigenvalue weighted by Crippen LogP contribution is 2.21. The SMILES string of the molecule is Cc1n[nH]c(C)c1CNCC(C)(C)CCCO. The van der Waals surface area contributed by atoms with E-state index in [9.17, 15) is 0 Å². The van der Waals surface area contributed by atoms with E-state index in [1.54, 1.807) is 0 Å². The first-order chi connectivity index (χ1) is 7.96. The number of nitrogens with zero attached hydrogens (tertiary/aromatic N) is 1. The second-order valence-electron chi connectivity index (χ2n) is 5.51. The molecule has 17 heavy (non-hydrogen) atoms. The smallest absolute Gasteiger partial charge is 0.0638 e. The van der Waals surface area contributed by atoms with Crippen LogP contribution in [0.25, 0.3) is 0 Å². The summed E-state index contributed by atoms with van der Waals surface area (Å²) in [4.78, 5) is 0. The van der Waals surface area contributed by atoms with Gasteiger partial charge in [-0.1, -0.05) is 13.8 Å². The van der Waals surface area contributed by atoms with Gasteiger partial charge in [0.05, 0.1) is 5.69 Å². The third-order valence-corrected chi connectivity index (χ3v) is 3.20. The molecule has 3 N–H and O–H groups in total. The number of rotatable bonds is 7. The molecule has 1 rings (SSSR count). The zero-order valence-electron chi connectivity index (χ0n) is 11.4. The zero-order valence-corrected chi connectivity index (χ0v) is 11.4. The van der Waals surface area contributed by atoms with E-state index in [1.165, 1.54) is 5.56 Å². The largest absolute Gasteiger partial charge is 0.396 e. The third kappa shape index (κ3) is 4.48. The van der Waals surface area contributed by atoms with E-state index in [0.29, 0.717) is 0 Å². The van der Waals surface area contributed by atoms with E-state index in [0.717, 1.165) is 37.3 Å². The molecule has 0 amide bonds. The van der Waals surface area contributed by atoms with Crippen molar-refractivity contribution in [1.29, 1.82) is 0 Å². The lowest BCUT2D eigenvalue weighted by Crippen LogP contribution is -2.29. The van der Waals surface area contributed by atoms with Crippen LogP contribution in [-0.2, 0) is 6.54 Å². The van der Waals surface area contributed by atoms with Crippen LogP contribution in [0, 0.1) is 19.3 Å². The first-order valence-corrected chi connectivity index (χ1v) is 6.28. The minimum Gasteiger partial charge on any atom is -0.396 e. The summed E-state index contributed by atoms with van der Waals surface area (Å²) in [5.41, 5.74) is 3.71. The fourth-order valence-electron chi connectivity index (χ4n) is 2.01. The van der Waals surface area contributed by atoms with Crippen molar-refractivity contribution in [3.8, 4) is 0 Å². The van der Waals surface area contributed by atoms with Crippen LogP contribution < -0.4 is 5.32 Å². The first-order valence-electron chi connectivity index (χ1n) is 6.28. The molecule has 1 heterocycles. The summed E-state index contributed by atoms with van der Waals surface area (Å²) in [7, 11) is 0. The number of aryl methyl sites for hydroxylation is 2. The van der Waals surface area contributed by atoms with Gasteiger partial charge < -0.3 is 10.4 Å². The monoisotopic (exact) mass is 239 g/mol. The van der Waals surface area contributed by atoms with Crippen LogP contribution in [0.2, 0.25) is 0 Å². The Kier molecular flexibility index (Phi) is 5.15. The second kappa shape index (κ2) is 6.17. The van der Waals surface area contributed by atoms with Gasteiger partial charge in [-0.05, 0) is 32.1 Å². The van der Waals surface area contributed by atoms with Crippen LogP contribution in [0.15, 0.2) is 0 Å². The Bertz CT molecular complexity index is 325. The van der Waals surface area contributed by atoms with Gasteiger partial charge in [0.25, 0.3) is 0 Å². The summed E-state index contributed by atoms with van der Waals surface area (Å²) in [6, 6.07) is 0. The molecular formula is C13H25N3O. The minimum atomic E-state index is 0.230. The molecule has 1 aromatic rings.